The molecule has 1 aromatic heterocycles. The minimum atomic E-state index is -4.65. The van der Waals surface area contributed by atoms with Gasteiger partial charge in [-0.3, -0.25) is 0 Å². The molecule has 21 heavy (non-hydrogen) atoms. The second-order valence-electron chi connectivity index (χ2n) is 4.30. The van der Waals surface area contributed by atoms with Crippen LogP contribution in [0.25, 0.3) is 0 Å². The van der Waals surface area contributed by atoms with Gasteiger partial charge < -0.3 is 10.0 Å². The highest BCUT2D eigenvalue weighted by molar-refractivity contribution is 7.99. The lowest BCUT2D eigenvalue weighted by atomic mass is 10.2. The van der Waals surface area contributed by atoms with Crippen LogP contribution >= 0.6 is 11.8 Å². The maximum atomic E-state index is 12.7. The molecule has 0 spiro atoms. The van der Waals surface area contributed by atoms with Gasteiger partial charge in [0.05, 0.1) is 5.56 Å². The number of nitrogens with zero attached hydrogens (tertiary/aromatic N) is 3. The van der Waals surface area contributed by atoms with Crippen molar-refractivity contribution in [3.63, 3.8) is 0 Å². The van der Waals surface area contributed by atoms with Crippen molar-refractivity contribution >= 4 is 23.5 Å². The fourth-order valence-electron chi connectivity index (χ4n) is 1.97. The number of carboxylic acids is 1. The van der Waals surface area contributed by atoms with E-state index in [-0.39, 0.29) is 23.7 Å². The van der Waals surface area contributed by atoms with E-state index in [0.717, 1.165) is 12.1 Å². The van der Waals surface area contributed by atoms with Crippen LogP contribution in [0.5, 0.6) is 0 Å². The van der Waals surface area contributed by atoms with E-state index in [1.54, 1.807) is 6.07 Å². The second-order valence-corrected chi connectivity index (χ2v) is 5.45. The van der Waals surface area contributed by atoms with Crippen molar-refractivity contribution in [3.05, 3.63) is 23.4 Å². The molecule has 2 heterocycles. The number of anilines is 1. The number of alkyl halides is 3. The van der Waals surface area contributed by atoms with Gasteiger partial charge in [-0.15, -0.1) is 0 Å². The Balaban J connectivity index is 2.49. The van der Waals surface area contributed by atoms with E-state index in [4.69, 9.17) is 5.26 Å². The lowest BCUT2D eigenvalue weighted by molar-refractivity contribution is -0.141. The second kappa shape index (κ2) is 5.81. The standard InChI is InChI=1S/C12H10F3N3O2S/c13-12(14,15)9-2-1-7(5-16)10(17-9)18-3-4-21-6-8(18)11(19)20/h1-2,8H,3-4,6H2,(H,19,20). The molecule has 112 valence electrons. The minimum Gasteiger partial charge on any atom is -0.480 e. The molecule has 2 rings (SSSR count). The molecule has 5 nitrogen and oxygen atoms in total. The first-order valence-electron chi connectivity index (χ1n) is 5.90. The van der Waals surface area contributed by atoms with Crippen LogP contribution in [-0.2, 0) is 11.0 Å². The maximum absolute atomic E-state index is 12.7. The molecule has 0 bridgehead atoms. The van der Waals surface area contributed by atoms with Crippen LogP contribution < -0.4 is 4.90 Å². The van der Waals surface area contributed by atoms with Gasteiger partial charge in [0.25, 0.3) is 0 Å². The number of hydrogen-bond acceptors (Lipinski definition) is 5. The van der Waals surface area contributed by atoms with Crippen LogP contribution in [-0.4, -0.2) is 40.2 Å². The first kappa shape index (κ1) is 15.4. The van der Waals surface area contributed by atoms with Gasteiger partial charge in [-0.05, 0) is 12.1 Å². The summed E-state index contributed by atoms with van der Waals surface area (Å²) in [6, 6.07) is 2.50. The highest BCUT2D eigenvalue weighted by atomic mass is 32.2. The molecule has 1 saturated heterocycles. The Morgan fingerprint density at radius 2 is 2.24 bits per heavy atom. The molecule has 1 unspecified atom stereocenters. The zero-order valence-corrected chi connectivity index (χ0v) is 11.4. The molecular weight excluding hydrogens is 307 g/mol. The van der Waals surface area contributed by atoms with Gasteiger partial charge in [0.2, 0.25) is 0 Å². The van der Waals surface area contributed by atoms with Crippen molar-refractivity contribution in [1.29, 1.82) is 5.26 Å². The predicted octanol–water partition coefficient (Wildman–Crippen LogP) is 1.98. The number of carbonyl (C=O) groups is 1. The van der Waals surface area contributed by atoms with Crippen LogP contribution in [0.1, 0.15) is 11.3 Å². The Morgan fingerprint density at radius 1 is 1.52 bits per heavy atom. The van der Waals surface area contributed by atoms with E-state index in [0.29, 0.717) is 5.75 Å². The van der Waals surface area contributed by atoms with Gasteiger partial charge in [-0.25, -0.2) is 9.78 Å². The number of carboxylic acid groups (broad SMARTS) is 1. The molecule has 1 fully saturated rings. The molecule has 1 aliphatic rings. The van der Waals surface area contributed by atoms with Crippen LogP contribution in [0.15, 0.2) is 12.1 Å². The van der Waals surface area contributed by atoms with Crippen LogP contribution in [0.4, 0.5) is 19.0 Å². The number of aliphatic carboxylic acids is 1. The summed E-state index contributed by atoms with van der Waals surface area (Å²) >= 11 is 1.40. The number of nitriles is 1. The van der Waals surface area contributed by atoms with E-state index in [2.05, 4.69) is 4.98 Å². The average molecular weight is 317 g/mol. The third-order valence-corrected chi connectivity index (χ3v) is 3.99. The number of thioether (sulfide) groups is 1. The third kappa shape index (κ3) is 3.21. The van der Waals surface area contributed by atoms with Gasteiger partial charge in [-0.1, -0.05) is 0 Å². The summed E-state index contributed by atoms with van der Waals surface area (Å²) in [5, 5.41) is 18.2. The summed E-state index contributed by atoms with van der Waals surface area (Å²) in [5.41, 5.74) is -1.21. The summed E-state index contributed by atoms with van der Waals surface area (Å²) in [6.45, 7) is 0.227. The Bertz CT molecular complexity index is 600. The van der Waals surface area contributed by atoms with Gasteiger partial charge in [-0.2, -0.15) is 30.2 Å². The number of pyridine rings is 1. The first-order valence-corrected chi connectivity index (χ1v) is 7.05. The molecule has 0 radical (unpaired) electrons. The van der Waals surface area contributed by atoms with E-state index >= 15 is 0 Å². The van der Waals surface area contributed by atoms with E-state index in [9.17, 15) is 23.1 Å². The highest BCUT2D eigenvalue weighted by Gasteiger charge is 2.36. The van der Waals surface area contributed by atoms with Crippen molar-refractivity contribution in [3.8, 4) is 6.07 Å². The van der Waals surface area contributed by atoms with Gasteiger partial charge in [0.1, 0.15) is 23.6 Å². The lowest BCUT2D eigenvalue weighted by Gasteiger charge is -2.34. The quantitative estimate of drug-likeness (QED) is 0.899. The first-order chi connectivity index (χ1) is 9.84. The van der Waals surface area contributed by atoms with Gasteiger partial charge in [0, 0.05) is 18.1 Å². The number of hydrogen-bond donors (Lipinski definition) is 1. The van der Waals surface area contributed by atoms with Crippen molar-refractivity contribution in [2.45, 2.75) is 12.2 Å². The molecule has 0 amide bonds. The van der Waals surface area contributed by atoms with Crippen molar-refractivity contribution in [1.82, 2.24) is 4.98 Å². The monoisotopic (exact) mass is 317 g/mol. The summed E-state index contributed by atoms with van der Waals surface area (Å²) in [7, 11) is 0. The maximum Gasteiger partial charge on any atom is 0.433 e. The van der Waals surface area contributed by atoms with E-state index < -0.39 is 23.9 Å². The molecular formula is C12H10F3N3O2S. The van der Waals surface area contributed by atoms with E-state index in [1.807, 2.05) is 0 Å². The smallest absolute Gasteiger partial charge is 0.433 e. The Hall–Kier alpha value is -1.95. The fourth-order valence-corrected chi connectivity index (χ4v) is 3.01. The van der Waals surface area contributed by atoms with Crippen LogP contribution in [0.2, 0.25) is 0 Å². The number of aromatic nitrogens is 1. The summed E-state index contributed by atoms with van der Waals surface area (Å²) in [5.74, 6) is -0.574. The zero-order valence-electron chi connectivity index (χ0n) is 10.6. The van der Waals surface area contributed by atoms with Crippen molar-refractivity contribution < 1.29 is 23.1 Å². The van der Waals surface area contributed by atoms with Gasteiger partial charge in [0.15, 0.2) is 0 Å². The number of halogens is 3. The van der Waals surface area contributed by atoms with Crippen molar-refractivity contribution in [2.75, 3.05) is 23.0 Å². The number of rotatable bonds is 2. The molecule has 9 heteroatoms. The van der Waals surface area contributed by atoms with E-state index in [1.165, 1.54) is 16.7 Å². The fraction of sp³-hybridized carbons (Fsp3) is 0.417. The van der Waals surface area contributed by atoms with Crippen LogP contribution in [0.3, 0.4) is 0 Å². The minimum absolute atomic E-state index is 0.0684. The molecule has 1 atom stereocenters. The summed E-state index contributed by atoms with van der Waals surface area (Å²) < 4.78 is 38.2. The van der Waals surface area contributed by atoms with Gasteiger partial charge >= 0.3 is 12.1 Å². The lowest BCUT2D eigenvalue weighted by Crippen LogP contribution is -2.48. The highest BCUT2D eigenvalue weighted by Crippen LogP contribution is 2.32. The Labute approximate surface area is 122 Å². The summed E-state index contributed by atoms with van der Waals surface area (Å²) in [4.78, 5) is 16.0. The SMILES string of the molecule is N#Cc1ccc(C(F)(F)F)nc1N1CCSCC1C(=O)O. The predicted molar refractivity (Wildman–Crippen MR) is 70.0 cm³/mol. The molecule has 1 N–H and O–H groups in total. The molecule has 0 aromatic carbocycles. The Morgan fingerprint density at radius 3 is 2.81 bits per heavy atom. The third-order valence-electron chi connectivity index (χ3n) is 2.97. The summed E-state index contributed by atoms with van der Waals surface area (Å²) in [6.07, 6.45) is -4.65. The normalized spacial score (nSPS) is 19.1. The molecule has 1 aliphatic heterocycles. The topological polar surface area (TPSA) is 77.2 Å². The molecule has 1 aromatic rings. The Kier molecular flexibility index (Phi) is 4.27. The molecule has 0 saturated carbocycles. The van der Waals surface area contributed by atoms with Crippen molar-refractivity contribution in [2.24, 2.45) is 0 Å². The van der Waals surface area contributed by atoms with Crippen LogP contribution in [0, 0.1) is 11.3 Å². The zero-order chi connectivity index (χ0) is 15.6. The molecule has 0 aliphatic carbocycles. The largest absolute Gasteiger partial charge is 0.480 e. The average Bonchev–Trinajstić information content (AvgIpc) is 2.45.